The van der Waals surface area contributed by atoms with Gasteiger partial charge in [0.25, 0.3) is 0 Å². The van der Waals surface area contributed by atoms with Crippen molar-refractivity contribution in [1.82, 2.24) is 0 Å². The number of carbonyl (C=O) groups excluding carboxylic acids is 1. The number of ketones is 1. The third-order valence-corrected chi connectivity index (χ3v) is 2.28. The molecule has 0 spiro atoms. The van der Waals surface area contributed by atoms with Crippen LogP contribution in [-0.2, 0) is 0 Å². The molecule has 76 valence electrons. The average molecular weight is 210 g/mol. The summed E-state index contributed by atoms with van der Waals surface area (Å²) >= 11 is 4.03. The van der Waals surface area contributed by atoms with E-state index in [1.807, 2.05) is 19.1 Å². The molecule has 0 aromatic heterocycles. The van der Waals surface area contributed by atoms with Crippen LogP contribution in [0.25, 0.3) is 0 Å². The van der Waals surface area contributed by atoms with Crippen molar-refractivity contribution < 1.29 is 9.53 Å². The van der Waals surface area contributed by atoms with E-state index in [0.29, 0.717) is 12.2 Å². The standard InChI is InChI=1S/C11H14O2S/c1-8-7-9(10(12)5-6-14)3-4-11(8)13-2/h3-4,7,14H,5-6H2,1-2H3. The van der Waals surface area contributed by atoms with Gasteiger partial charge in [0.1, 0.15) is 5.75 Å². The first-order valence-corrected chi connectivity index (χ1v) is 5.11. The molecule has 0 unspecified atom stereocenters. The summed E-state index contributed by atoms with van der Waals surface area (Å²) < 4.78 is 5.11. The Hall–Kier alpha value is -0.960. The number of methoxy groups -OCH3 is 1. The number of benzene rings is 1. The van der Waals surface area contributed by atoms with Crippen LogP contribution in [-0.4, -0.2) is 18.6 Å². The van der Waals surface area contributed by atoms with Gasteiger partial charge in [-0.2, -0.15) is 12.6 Å². The van der Waals surface area contributed by atoms with Gasteiger partial charge in [-0.25, -0.2) is 0 Å². The number of rotatable bonds is 4. The zero-order valence-corrected chi connectivity index (χ0v) is 9.30. The van der Waals surface area contributed by atoms with Gasteiger partial charge in [0.05, 0.1) is 7.11 Å². The van der Waals surface area contributed by atoms with Crippen LogP contribution in [0.4, 0.5) is 0 Å². The lowest BCUT2D eigenvalue weighted by molar-refractivity contribution is 0.0989. The number of hydrogen-bond acceptors (Lipinski definition) is 3. The van der Waals surface area contributed by atoms with Crippen molar-refractivity contribution in [3.8, 4) is 5.75 Å². The monoisotopic (exact) mass is 210 g/mol. The summed E-state index contributed by atoms with van der Waals surface area (Å²) in [4.78, 5) is 11.5. The van der Waals surface area contributed by atoms with Crippen LogP contribution in [0.1, 0.15) is 22.3 Å². The van der Waals surface area contributed by atoms with Gasteiger partial charge < -0.3 is 4.74 Å². The molecule has 2 nitrogen and oxygen atoms in total. The van der Waals surface area contributed by atoms with E-state index < -0.39 is 0 Å². The van der Waals surface area contributed by atoms with Gasteiger partial charge in [-0.3, -0.25) is 4.79 Å². The average Bonchev–Trinajstić information content (AvgIpc) is 2.18. The molecular formula is C11H14O2S. The molecule has 0 radical (unpaired) electrons. The molecule has 14 heavy (non-hydrogen) atoms. The Balaban J connectivity index is 2.91. The number of carbonyl (C=O) groups is 1. The van der Waals surface area contributed by atoms with Crippen LogP contribution in [0, 0.1) is 6.92 Å². The van der Waals surface area contributed by atoms with E-state index in [4.69, 9.17) is 4.74 Å². The molecule has 0 aliphatic rings. The quantitative estimate of drug-likeness (QED) is 0.610. The molecule has 0 N–H and O–H groups in total. The van der Waals surface area contributed by atoms with Gasteiger partial charge in [-0.15, -0.1) is 0 Å². The first kappa shape index (κ1) is 11.1. The van der Waals surface area contributed by atoms with Crippen LogP contribution < -0.4 is 4.74 Å². The molecule has 1 aromatic rings. The Morgan fingerprint density at radius 1 is 1.50 bits per heavy atom. The van der Waals surface area contributed by atoms with Crippen LogP contribution in [0.2, 0.25) is 0 Å². The van der Waals surface area contributed by atoms with Crippen molar-refractivity contribution in [2.24, 2.45) is 0 Å². The maximum atomic E-state index is 11.5. The zero-order chi connectivity index (χ0) is 10.6. The number of thiol groups is 1. The third kappa shape index (κ3) is 2.51. The Morgan fingerprint density at radius 3 is 2.71 bits per heavy atom. The molecule has 0 aliphatic carbocycles. The van der Waals surface area contributed by atoms with Gasteiger partial charge >= 0.3 is 0 Å². The summed E-state index contributed by atoms with van der Waals surface area (Å²) in [6, 6.07) is 5.46. The summed E-state index contributed by atoms with van der Waals surface area (Å²) in [7, 11) is 1.62. The molecular weight excluding hydrogens is 196 g/mol. The highest BCUT2D eigenvalue weighted by Crippen LogP contribution is 2.19. The molecule has 3 heteroatoms. The van der Waals surface area contributed by atoms with Gasteiger partial charge in [0, 0.05) is 12.0 Å². The fourth-order valence-corrected chi connectivity index (χ4v) is 1.50. The van der Waals surface area contributed by atoms with Gasteiger partial charge in [0.2, 0.25) is 0 Å². The van der Waals surface area contributed by atoms with Crippen LogP contribution in [0.3, 0.4) is 0 Å². The third-order valence-electron chi connectivity index (χ3n) is 2.06. The van der Waals surface area contributed by atoms with Crippen molar-refractivity contribution in [2.75, 3.05) is 12.9 Å². The number of Topliss-reactive ketones (excluding diaryl/α,β-unsaturated/α-hetero) is 1. The fraction of sp³-hybridized carbons (Fsp3) is 0.364. The first-order chi connectivity index (χ1) is 6.69. The second-order valence-electron chi connectivity index (χ2n) is 3.08. The fourth-order valence-electron chi connectivity index (χ4n) is 1.30. The topological polar surface area (TPSA) is 26.3 Å². The molecule has 0 saturated heterocycles. The predicted octanol–water partition coefficient (Wildman–Crippen LogP) is 2.51. The largest absolute Gasteiger partial charge is 0.496 e. The van der Waals surface area contributed by atoms with Crippen LogP contribution in [0.5, 0.6) is 5.75 Å². The first-order valence-electron chi connectivity index (χ1n) is 4.47. The van der Waals surface area contributed by atoms with Crippen LogP contribution in [0.15, 0.2) is 18.2 Å². The Morgan fingerprint density at radius 2 is 2.21 bits per heavy atom. The molecule has 0 heterocycles. The lowest BCUT2D eigenvalue weighted by atomic mass is 10.1. The normalized spacial score (nSPS) is 9.93. The summed E-state index contributed by atoms with van der Waals surface area (Å²) in [6.45, 7) is 1.93. The van der Waals surface area contributed by atoms with Crippen molar-refractivity contribution >= 4 is 18.4 Å². The Kier molecular flexibility index (Phi) is 4.01. The zero-order valence-electron chi connectivity index (χ0n) is 8.41. The molecule has 1 rings (SSSR count). The maximum absolute atomic E-state index is 11.5. The number of aryl methyl sites for hydroxylation is 1. The molecule has 0 atom stereocenters. The highest BCUT2D eigenvalue weighted by Gasteiger charge is 2.06. The predicted molar refractivity (Wildman–Crippen MR) is 60.5 cm³/mol. The number of ether oxygens (including phenoxy) is 1. The van der Waals surface area contributed by atoms with E-state index >= 15 is 0 Å². The second-order valence-corrected chi connectivity index (χ2v) is 3.53. The lowest BCUT2D eigenvalue weighted by Crippen LogP contribution is -2.00. The second kappa shape index (κ2) is 5.05. The summed E-state index contributed by atoms with van der Waals surface area (Å²) in [5.41, 5.74) is 1.72. The van der Waals surface area contributed by atoms with E-state index in [2.05, 4.69) is 12.6 Å². The van der Waals surface area contributed by atoms with Crippen molar-refractivity contribution in [1.29, 1.82) is 0 Å². The van der Waals surface area contributed by atoms with Crippen molar-refractivity contribution in [3.63, 3.8) is 0 Å². The van der Waals surface area contributed by atoms with E-state index in [-0.39, 0.29) is 5.78 Å². The Bertz CT molecular complexity index is 334. The summed E-state index contributed by atoms with van der Waals surface area (Å²) in [5.74, 6) is 1.53. The molecule has 0 bridgehead atoms. The van der Waals surface area contributed by atoms with Gasteiger partial charge in [-0.05, 0) is 36.4 Å². The van der Waals surface area contributed by atoms with E-state index in [1.54, 1.807) is 13.2 Å². The van der Waals surface area contributed by atoms with E-state index in [9.17, 15) is 4.79 Å². The van der Waals surface area contributed by atoms with Gasteiger partial charge in [0.15, 0.2) is 5.78 Å². The van der Waals surface area contributed by atoms with E-state index in [1.165, 1.54) is 0 Å². The molecule has 1 aromatic carbocycles. The van der Waals surface area contributed by atoms with E-state index in [0.717, 1.165) is 16.9 Å². The molecule has 0 fully saturated rings. The minimum absolute atomic E-state index is 0.130. The summed E-state index contributed by atoms with van der Waals surface area (Å²) in [5, 5.41) is 0. The lowest BCUT2D eigenvalue weighted by Gasteiger charge is -2.06. The SMILES string of the molecule is COc1ccc(C(=O)CCS)cc1C. The highest BCUT2D eigenvalue weighted by atomic mass is 32.1. The summed E-state index contributed by atoms with van der Waals surface area (Å²) in [6.07, 6.45) is 0.481. The van der Waals surface area contributed by atoms with Crippen molar-refractivity contribution in [2.45, 2.75) is 13.3 Å². The molecule has 0 aliphatic heterocycles. The van der Waals surface area contributed by atoms with Crippen molar-refractivity contribution in [3.05, 3.63) is 29.3 Å². The maximum Gasteiger partial charge on any atom is 0.163 e. The Labute approximate surface area is 89.7 Å². The minimum atomic E-state index is 0.130. The molecule has 0 amide bonds. The smallest absolute Gasteiger partial charge is 0.163 e. The highest BCUT2D eigenvalue weighted by molar-refractivity contribution is 7.80. The van der Waals surface area contributed by atoms with Crippen LogP contribution >= 0.6 is 12.6 Å². The minimum Gasteiger partial charge on any atom is -0.496 e. The number of hydrogen-bond donors (Lipinski definition) is 1. The molecule has 0 saturated carbocycles. The van der Waals surface area contributed by atoms with Gasteiger partial charge in [-0.1, -0.05) is 0 Å².